The molecule has 1 aromatic rings. The Morgan fingerprint density at radius 1 is 1.50 bits per heavy atom. The fourth-order valence-electron chi connectivity index (χ4n) is 3.61. The maximum atomic E-state index is 12.6. The normalized spacial score (nSPS) is 30.8. The van der Waals surface area contributed by atoms with Crippen LogP contribution in [0.15, 0.2) is 18.3 Å². The van der Waals surface area contributed by atoms with E-state index in [9.17, 15) is 4.79 Å². The van der Waals surface area contributed by atoms with Gasteiger partial charge in [-0.25, -0.2) is 0 Å². The smallest absolute Gasteiger partial charge is 0.270 e. The van der Waals surface area contributed by atoms with Gasteiger partial charge >= 0.3 is 0 Å². The number of rotatable bonds is 2. The van der Waals surface area contributed by atoms with E-state index >= 15 is 0 Å². The molecule has 0 saturated carbocycles. The van der Waals surface area contributed by atoms with Crippen LogP contribution in [-0.4, -0.2) is 41.1 Å². The van der Waals surface area contributed by atoms with Crippen molar-refractivity contribution in [1.29, 1.82) is 0 Å². The molecule has 0 aliphatic carbocycles. The minimum absolute atomic E-state index is 0.198. The SMILES string of the molecule is CCC1C2CNCC2CN1C(=O)c1cccn1C. The predicted octanol–water partition coefficient (Wildman–Crippen LogP) is 1.10. The maximum Gasteiger partial charge on any atom is 0.270 e. The fourth-order valence-corrected chi connectivity index (χ4v) is 3.61. The van der Waals surface area contributed by atoms with Crippen LogP contribution in [0.1, 0.15) is 23.8 Å². The Bertz CT molecular complexity index is 454. The summed E-state index contributed by atoms with van der Waals surface area (Å²) in [5, 5.41) is 3.45. The summed E-state index contributed by atoms with van der Waals surface area (Å²) in [6.45, 7) is 5.25. The minimum Gasteiger partial charge on any atom is -0.347 e. The monoisotopic (exact) mass is 247 g/mol. The highest BCUT2D eigenvalue weighted by molar-refractivity contribution is 5.93. The number of carbonyl (C=O) groups excluding carboxylic acids is 1. The third kappa shape index (κ3) is 1.67. The zero-order valence-corrected chi connectivity index (χ0v) is 11.1. The van der Waals surface area contributed by atoms with Gasteiger partial charge in [-0.2, -0.15) is 0 Å². The van der Waals surface area contributed by atoms with Gasteiger partial charge in [0, 0.05) is 38.9 Å². The van der Waals surface area contributed by atoms with Gasteiger partial charge in [0.05, 0.1) is 0 Å². The number of carbonyl (C=O) groups is 1. The summed E-state index contributed by atoms with van der Waals surface area (Å²) in [5.41, 5.74) is 0.807. The van der Waals surface area contributed by atoms with Gasteiger partial charge in [-0.1, -0.05) is 6.92 Å². The molecule has 2 fully saturated rings. The first-order valence-electron chi connectivity index (χ1n) is 6.85. The van der Waals surface area contributed by atoms with Crippen molar-refractivity contribution in [3.05, 3.63) is 24.0 Å². The molecule has 0 spiro atoms. The van der Waals surface area contributed by atoms with Crippen LogP contribution in [0.4, 0.5) is 0 Å². The number of nitrogens with zero attached hydrogens (tertiary/aromatic N) is 2. The highest BCUT2D eigenvalue weighted by atomic mass is 16.2. The zero-order chi connectivity index (χ0) is 12.7. The highest BCUT2D eigenvalue weighted by Crippen LogP contribution is 2.35. The van der Waals surface area contributed by atoms with E-state index in [0.29, 0.717) is 17.9 Å². The molecule has 0 bridgehead atoms. The lowest BCUT2D eigenvalue weighted by Gasteiger charge is -2.27. The second-order valence-corrected chi connectivity index (χ2v) is 5.52. The summed E-state index contributed by atoms with van der Waals surface area (Å²) < 4.78 is 1.92. The number of hydrogen-bond acceptors (Lipinski definition) is 2. The van der Waals surface area contributed by atoms with Crippen molar-refractivity contribution in [2.24, 2.45) is 18.9 Å². The van der Waals surface area contributed by atoms with Gasteiger partial charge in [-0.15, -0.1) is 0 Å². The molecule has 1 aromatic heterocycles. The Labute approximate surface area is 108 Å². The summed E-state index contributed by atoms with van der Waals surface area (Å²) in [7, 11) is 1.94. The van der Waals surface area contributed by atoms with Crippen molar-refractivity contribution in [2.45, 2.75) is 19.4 Å². The topological polar surface area (TPSA) is 37.3 Å². The van der Waals surface area contributed by atoms with Crippen molar-refractivity contribution in [3.63, 3.8) is 0 Å². The van der Waals surface area contributed by atoms with Crippen LogP contribution in [0.3, 0.4) is 0 Å². The van der Waals surface area contributed by atoms with Crippen molar-refractivity contribution >= 4 is 5.91 Å². The third-order valence-corrected chi connectivity index (χ3v) is 4.56. The maximum absolute atomic E-state index is 12.6. The van der Waals surface area contributed by atoms with E-state index in [1.807, 2.05) is 29.9 Å². The molecule has 3 unspecified atom stereocenters. The van der Waals surface area contributed by atoms with E-state index in [-0.39, 0.29) is 5.91 Å². The number of likely N-dealkylation sites (tertiary alicyclic amines) is 1. The third-order valence-electron chi connectivity index (χ3n) is 4.56. The molecule has 0 radical (unpaired) electrons. The zero-order valence-electron chi connectivity index (χ0n) is 11.1. The van der Waals surface area contributed by atoms with E-state index in [2.05, 4.69) is 17.1 Å². The lowest BCUT2D eigenvalue weighted by atomic mass is 9.93. The van der Waals surface area contributed by atoms with Crippen molar-refractivity contribution < 1.29 is 4.79 Å². The van der Waals surface area contributed by atoms with Gasteiger partial charge in [-0.05, 0) is 30.4 Å². The Kier molecular flexibility index (Phi) is 2.90. The fraction of sp³-hybridized carbons (Fsp3) is 0.643. The van der Waals surface area contributed by atoms with Crippen LogP contribution in [0.2, 0.25) is 0 Å². The first kappa shape index (κ1) is 11.8. The molecule has 1 N–H and O–H groups in total. The molecule has 98 valence electrons. The summed E-state index contributed by atoms with van der Waals surface area (Å²) in [6.07, 6.45) is 2.99. The Morgan fingerprint density at radius 2 is 2.33 bits per heavy atom. The molecule has 4 heteroatoms. The van der Waals surface area contributed by atoms with E-state index in [4.69, 9.17) is 0 Å². The van der Waals surface area contributed by atoms with Crippen LogP contribution < -0.4 is 5.32 Å². The summed E-state index contributed by atoms with van der Waals surface area (Å²) in [6, 6.07) is 4.26. The molecule has 2 aliphatic rings. The molecule has 3 heterocycles. The first-order valence-corrected chi connectivity index (χ1v) is 6.85. The van der Waals surface area contributed by atoms with Crippen LogP contribution in [0, 0.1) is 11.8 Å². The van der Waals surface area contributed by atoms with Crippen molar-refractivity contribution in [2.75, 3.05) is 19.6 Å². The number of aromatic nitrogens is 1. The van der Waals surface area contributed by atoms with Gasteiger partial charge in [-0.3, -0.25) is 4.79 Å². The van der Waals surface area contributed by atoms with Gasteiger partial charge in [0.15, 0.2) is 0 Å². The molecule has 2 aliphatic heterocycles. The Hall–Kier alpha value is -1.29. The standard InChI is InChI=1S/C14H21N3O/c1-3-12-11-8-15-7-10(11)9-17(12)14(18)13-5-4-6-16(13)2/h4-6,10-12,15H,3,7-9H2,1-2H3. The lowest BCUT2D eigenvalue weighted by Crippen LogP contribution is -2.40. The predicted molar refractivity (Wildman–Crippen MR) is 70.4 cm³/mol. The average molecular weight is 247 g/mol. The molecule has 1 amide bonds. The number of nitrogens with one attached hydrogen (secondary N) is 1. The second kappa shape index (κ2) is 4.43. The number of amides is 1. The van der Waals surface area contributed by atoms with E-state index in [1.165, 1.54) is 0 Å². The first-order chi connectivity index (χ1) is 8.72. The van der Waals surface area contributed by atoms with Gasteiger partial charge < -0.3 is 14.8 Å². The van der Waals surface area contributed by atoms with E-state index in [1.54, 1.807) is 0 Å². The summed E-state index contributed by atoms with van der Waals surface area (Å²) >= 11 is 0. The molecular weight excluding hydrogens is 226 g/mol. The Morgan fingerprint density at radius 3 is 3.00 bits per heavy atom. The molecule has 3 rings (SSSR count). The molecular formula is C14H21N3O. The van der Waals surface area contributed by atoms with Crippen LogP contribution >= 0.6 is 0 Å². The van der Waals surface area contributed by atoms with Gasteiger partial charge in [0.1, 0.15) is 5.69 Å². The largest absolute Gasteiger partial charge is 0.347 e. The second-order valence-electron chi connectivity index (χ2n) is 5.52. The van der Waals surface area contributed by atoms with Gasteiger partial charge in [0.25, 0.3) is 5.91 Å². The number of fused-ring (bicyclic) bond motifs is 1. The van der Waals surface area contributed by atoms with Crippen LogP contribution in [0.25, 0.3) is 0 Å². The Balaban J connectivity index is 1.84. The van der Waals surface area contributed by atoms with E-state index < -0.39 is 0 Å². The molecule has 0 aromatic carbocycles. The summed E-state index contributed by atoms with van der Waals surface area (Å²) in [4.78, 5) is 14.7. The quantitative estimate of drug-likeness (QED) is 0.849. The highest BCUT2D eigenvalue weighted by Gasteiger charge is 2.45. The lowest BCUT2D eigenvalue weighted by molar-refractivity contribution is 0.0702. The molecule has 18 heavy (non-hydrogen) atoms. The number of aryl methyl sites for hydroxylation is 1. The van der Waals surface area contributed by atoms with Crippen LogP contribution in [-0.2, 0) is 7.05 Å². The average Bonchev–Trinajstić information content (AvgIpc) is 3.01. The van der Waals surface area contributed by atoms with Crippen LogP contribution in [0.5, 0.6) is 0 Å². The molecule has 3 atom stereocenters. The van der Waals surface area contributed by atoms with Gasteiger partial charge in [0.2, 0.25) is 0 Å². The summed E-state index contributed by atoms with van der Waals surface area (Å²) in [5.74, 6) is 1.50. The van der Waals surface area contributed by atoms with Crippen molar-refractivity contribution in [3.8, 4) is 0 Å². The molecule has 2 saturated heterocycles. The van der Waals surface area contributed by atoms with E-state index in [0.717, 1.165) is 31.7 Å². The minimum atomic E-state index is 0.198. The number of hydrogen-bond donors (Lipinski definition) is 1. The van der Waals surface area contributed by atoms with Crippen molar-refractivity contribution in [1.82, 2.24) is 14.8 Å². The molecule has 4 nitrogen and oxygen atoms in total.